The fraction of sp³-hybridized carbons (Fsp3) is 0.333. The summed E-state index contributed by atoms with van der Waals surface area (Å²) in [5.74, 6) is 0.376. The second kappa shape index (κ2) is 7.62. The van der Waals surface area contributed by atoms with Gasteiger partial charge in [0, 0.05) is 13.1 Å². The van der Waals surface area contributed by atoms with Gasteiger partial charge in [-0.3, -0.25) is 9.59 Å². The minimum atomic E-state index is -0.380. The van der Waals surface area contributed by atoms with Crippen molar-refractivity contribution in [1.82, 2.24) is 5.32 Å². The third-order valence-corrected chi connectivity index (χ3v) is 5.26. The number of ether oxygens (including phenoxy) is 2. The van der Waals surface area contributed by atoms with E-state index < -0.39 is 0 Å². The van der Waals surface area contributed by atoms with Gasteiger partial charge >= 0.3 is 0 Å². The zero-order chi connectivity index (χ0) is 20.5. The minimum absolute atomic E-state index is 0.00148. The van der Waals surface area contributed by atoms with Crippen LogP contribution in [0.2, 0.25) is 0 Å². The highest BCUT2D eigenvalue weighted by atomic mass is 19.1. The SMILES string of the molecule is CNC(=O)C[C@H]1COc2cc(F)ccc2N1[C@H](C)c1ccc2c(c1)NC(=O)CO2. The standard InChI is InChI=1S/C21H22FN3O4/c1-12(13-3-6-18-16(7-13)24-21(27)11-29-18)25-15(9-20(26)23-2)10-28-19-8-14(22)4-5-17(19)25/h3-8,12,15H,9-11H2,1-2H3,(H,23,26)(H,24,27)/t12-,15+/m1/s1. The summed E-state index contributed by atoms with van der Waals surface area (Å²) in [6, 6.07) is 9.62. The van der Waals surface area contributed by atoms with Gasteiger partial charge in [0.1, 0.15) is 23.9 Å². The summed E-state index contributed by atoms with van der Waals surface area (Å²) in [7, 11) is 1.59. The van der Waals surface area contributed by atoms with E-state index in [0.29, 0.717) is 17.2 Å². The van der Waals surface area contributed by atoms with Crippen LogP contribution in [0.4, 0.5) is 15.8 Å². The molecule has 2 aromatic carbocycles. The molecule has 2 aliphatic heterocycles. The van der Waals surface area contributed by atoms with Gasteiger partial charge in [0.25, 0.3) is 5.91 Å². The highest BCUT2D eigenvalue weighted by Gasteiger charge is 2.33. The Morgan fingerprint density at radius 3 is 2.90 bits per heavy atom. The molecular weight excluding hydrogens is 377 g/mol. The Bertz CT molecular complexity index is 965. The number of rotatable bonds is 4. The molecule has 29 heavy (non-hydrogen) atoms. The van der Waals surface area contributed by atoms with Crippen molar-refractivity contribution in [3.05, 3.63) is 47.8 Å². The van der Waals surface area contributed by atoms with Gasteiger partial charge in [-0.2, -0.15) is 0 Å². The lowest BCUT2D eigenvalue weighted by molar-refractivity contribution is -0.121. The van der Waals surface area contributed by atoms with Crippen molar-refractivity contribution in [2.45, 2.75) is 25.4 Å². The number of benzene rings is 2. The first kappa shape index (κ1) is 19.0. The molecule has 0 aromatic heterocycles. The van der Waals surface area contributed by atoms with Gasteiger partial charge in [-0.15, -0.1) is 0 Å². The van der Waals surface area contributed by atoms with E-state index in [1.807, 2.05) is 25.1 Å². The number of fused-ring (bicyclic) bond motifs is 2. The normalized spacial score (nSPS) is 18.5. The Morgan fingerprint density at radius 1 is 1.28 bits per heavy atom. The topological polar surface area (TPSA) is 79.9 Å². The molecule has 7 nitrogen and oxygen atoms in total. The van der Waals surface area contributed by atoms with E-state index in [9.17, 15) is 14.0 Å². The molecule has 0 bridgehead atoms. The molecule has 2 amide bonds. The Kier molecular flexibility index (Phi) is 5.00. The minimum Gasteiger partial charge on any atom is -0.489 e. The molecule has 0 saturated heterocycles. The summed E-state index contributed by atoms with van der Waals surface area (Å²) in [5.41, 5.74) is 2.26. The number of nitrogens with one attached hydrogen (secondary N) is 2. The number of hydrogen-bond donors (Lipinski definition) is 2. The van der Waals surface area contributed by atoms with Gasteiger partial charge in [-0.25, -0.2) is 4.39 Å². The molecule has 2 aromatic rings. The lowest BCUT2D eigenvalue weighted by Crippen LogP contribution is -2.46. The predicted octanol–water partition coefficient (Wildman–Crippen LogP) is 2.62. The Balaban J connectivity index is 1.71. The van der Waals surface area contributed by atoms with E-state index in [4.69, 9.17) is 9.47 Å². The van der Waals surface area contributed by atoms with Crippen LogP contribution in [0.15, 0.2) is 36.4 Å². The second-order valence-corrected chi connectivity index (χ2v) is 7.13. The molecule has 2 heterocycles. The van der Waals surface area contributed by atoms with Crippen LogP contribution in [0, 0.1) is 5.82 Å². The first-order valence-electron chi connectivity index (χ1n) is 9.44. The third kappa shape index (κ3) is 3.70. The number of anilines is 2. The number of nitrogens with zero attached hydrogens (tertiary/aromatic N) is 1. The molecule has 0 radical (unpaired) electrons. The third-order valence-electron chi connectivity index (χ3n) is 5.26. The average Bonchev–Trinajstić information content (AvgIpc) is 2.72. The van der Waals surface area contributed by atoms with Gasteiger partial charge in [-0.05, 0) is 36.8 Å². The number of carbonyl (C=O) groups is 2. The molecule has 2 aliphatic rings. The summed E-state index contributed by atoms with van der Waals surface area (Å²) in [4.78, 5) is 25.8. The van der Waals surface area contributed by atoms with Crippen LogP contribution in [0.25, 0.3) is 0 Å². The van der Waals surface area contributed by atoms with Crippen LogP contribution in [0.3, 0.4) is 0 Å². The number of carbonyl (C=O) groups excluding carboxylic acids is 2. The van der Waals surface area contributed by atoms with Gasteiger partial charge in [0.15, 0.2) is 6.61 Å². The van der Waals surface area contributed by atoms with Crippen LogP contribution >= 0.6 is 0 Å². The number of halogens is 1. The van der Waals surface area contributed by atoms with Gasteiger partial charge in [0.05, 0.1) is 29.9 Å². The van der Waals surface area contributed by atoms with Crippen molar-refractivity contribution in [3.63, 3.8) is 0 Å². The summed E-state index contributed by atoms with van der Waals surface area (Å²) in [6.45, 7) is 2.26. The lowest BCUT2D eigenvalue weighted by Gasteiger charge is -2.42. The van der Waals surface area contributed by atoms with Crippen LogP contribution in [0.1, 0.15) is 24.9 Å². The van der Waals surface area contributed by atoms with E-state index >= 15 is 0 Å². The summed E-state index contributed by atoms with van der Waals surface area (Å²) in [5, 5.41) is 5.46. The molecule has 2 atom stereocenters. The van der Waals surface area contributed by atoms with Crippen molar-refractivity contribution in [1.29, 1.82) is 0 Å². The molecule has 0 saturated carbocycles. The van der Waals surface area contributed by atoms with Crippen LogP contribution < -0.4 is 25.0 Å². The summed E-state index contributed by atoms with van der Waals surface area (Å²) < 4.78 is 24.9. The maximum absolute atomic E-state index is 13.7. The van der Waals surface area contributed by atoms with E-state index in [2.05, 4.69) is 15.5 Å². The highest BCUT2D eigenvalue weighted by Crippen LogP contribution is 2.41. The summed E-state index contributed by atoms with van der Waals surface area (Å²) in [6.07, 6.45) is 0.239. The lowest BCUT2D eigenvalue weighted by atomic mass is 9.99. The molecule has 8 heteroatoms. The first-order chi connectivity index (χ1) is 14.0. The maximum atomic E-state index is 13.7. The van der Waals surface area contributed by atoms with E-state index in [1.54, 1.807) is 13.1 Å². The van der Waals surface area contributed by atoms with Crippen molar-refractivity contribution >= 4 is 23.2 Å². The average molecular weight is 399 g/mol. The quantitative estimate of drug-likeness (QED) is 0.826. The fourth-order valence-electron chi connectivity index (χ4n) is 3.80. The second-order valence-electron chi connectivity index (χ2n) is 7.13. The number of amides is 2. The zero-order valence-electron chi connectivity index (χ0n) is 16.2. The zero-order valence-corrected chi connectivity index (χ0v) is 16.2. The molecule has 4 rings (SSSR count). The Labute approximate surface area is 167 Å². The monoisotopic (exact) mass is 399 g/mol. The molecule has 0 fully saturated rings. The van der Waals surface area contributed by atoms with E-state index in [1.165, 1.54) is 12.1 Å². The molecule has 152 valence electrons. The largest absolute Gasteiger partial charge is 0.489 e. The van der Waals surface area contributed by atoms with Crippen LogP contribution in [-0.4, -0.2) is 38.1 Å². The highest BCUT2D eigenvalue weighted by molar-refractivity contribution is 5.95. The predicted molar refractivity (Wildman–Crippen MR) is 106 cm³/mol. The van der Waals surface area contributed by atoms with Gasteiger partial charge < -0.3 is 25.0 Å². The van der Waals surface area contributed by atoms with Gasteiger partial charge in [0.2, 0.25) is 5.91 Å². The molecule has 2 N–H and O–H groups in total. The molecular formula is C21H22FN3O4. The van der Waals surface area contributed by atoms with Gasteiger partial charge in [-0.1, -0.05) is 6.07 Å². The van der Waals surface area contributed by atoms with Crippen molar-refractivity contribution in [3.8, 4) is 11.5 Å². The van der Waals surface area contributed by atoms with E-state index in [0.717, 1.165) is 11.3 Å². The Morgan fingerprint density at radius 2 is 2.10 bits per heavy atom. The fourth-order valence-corrected chi connectivity index (χ4v) is 3.80. The summed E-state index contributed by atoms with van der Waals surface area (Å²) >= 11 is 0. The number of hydrogen-bond acceptors (Lipinski definition) is 5. The van der Waals surface area contributed by atoms with Crippen molar-refractivity contribution in [2.24, 2.45) is 0 Å². The van der Waals surface area contributed by atoms with E-state index in [-0.39, 0.29) is 49.3 Å². The van der Waals surface area contributed by atoms with Crippen LogP contribution in [-0.2, 0) is 9.59 Å². The maximum Gasteiger partial charge on any atom is 0.262 e. The molecule has 0 aliphatic carbocycles. The molecule has 0 spiro atoms. The van der Waals surface area contributed by atoms with Crippen molar-refractivity contribution < 1.29 is 23.5 Å². The smallest absolute Gasteiger partial charge is 0.262 e. The Hall–Kier alpha value is -3.29. The first-order valence-corrected chi connectivity index (χ1v) is 9.44. The molecule has 0 unspecified atom stereocenters. The van der Waals surface area contributed by atoms with Crippen LogP contribution in [0.5, 0.6) is 11.5 Å². The van der Waals surface area contributed by atoms with Crippen molar-refractivity contribution in [2.75, 3.05) is 30.5 Å².